The largest absolute Gasteiger partial charge is 0.362 e. The second kappa shape index (κ2) is 9.28. The summed E-state index contributed by atoms with van der Waals surface area (Å²) in [5.74, 6) is 1.49. The molecule has 1 aliphatic carbocycles. The highest BCUT2D eigenvalue weighted by Gasteiger charge is 2.27. The van der Waals surface area contributed by atoms with Crippen molar-refractivity contribution in [3.8, 4) is 0 Å². The Morgan fingerprint density at radius 1 is 1.00 bits per heavy atom. The molecule has 0 bridgehead atoms. The molecule has 0 aliphatic heterocycles. The van der Waals surface area contributed by atoms with E-state index in [1.165, 1.54) is 0 Å². The second-order valence-electron chi connectivity index (χ2n) is 8.12. The fourth-order valence-corrected chi connectivity index (χ4v) is 4.54. The summed E-state index contributed by atoms with van der Waals surface area (Å²) >= 11 is 12.0. The Labute approximate surface area is 192 Å². The smallest absolute Gasteiger partial charge is 0.227 e. The highest BCUT2D eigenvalue weighted by Crippen LogP contribution is 2.30. The minimum absolute atomic E-state index is 0.00799. The van der Waals surface area contributed by atoms with Gasteiger partial charge in [-0.05, 0) is 56.0 Å². The van der Waals surface area contributed by atoms with Crippen LogP contribution in [0.5, 0.6) is 0 Å². The van der Waals surface area contributed by atoms with Crippen molar-refractivity contribution in [1.29, 1.82) is 0 Å². The van der Waals surface area contributed by atoms with Gasteiger partial charge >= 0.3 is 0 Å². The number of amides is 1. The Hall–Kier alpha value is -2.57. The summed E-state index contributed by atoms with van der Waals surface area (Å²) in [4.78, 5) is 24.1. The molecule has 2 N–H and O–H groups in total. The molecule has 0 atom stereocenters. The number of carbonyl (C=O) groups is 1. The lowest BCUT2D eigenvalue weighted by molar-refractivity contribution is -0.120. The molecule has 2 aromatic carbocycles. The highest BCUT2D eigenvalue weighted by molar-refractivity contribution is 6.35. The summed E-state index contributed by atoms with van der Waals surface area (Å²) < 4.78 is 0. The second-order valence-corrected chi connectivity index (χ2v) is 9.00. The van der Waals surface area contributed by atoms with E-state index in [2.05, 4.69) is 15.6 Å². The third kappa shape index (κ3) is 5.20. The average molecular weight is 458 g/mol. The predicted molar refractivity (Wildman–Crippen MR) is 128 cm³/mol. The molecule has 0 spiro atoms. The number of aromatic nitrogens is 2. The van der Waals surface area contributed by atoms with Gasteiger partial charge in [-0.3, -0.25) is 4.79 Å². The number of anilines is 3. The number of fused-ring (bicyclic) bond motifs is 1. The summed E-state index contributed by atoms with van der Waals surface area (Å²) in [7, 11) is 3.96. The number of hydrogen-bond donors (Lipinski definition) is 2. The fourth-order valence-electron chi connectivity index (χ4n) is 4.02. The predicted octanol–water partition coefficient (Wildman–Crippen LogP) is 5.61. The summed E-state index contributed by atoms with van der Waals surface area (Å²) in [6.07, 6.45) is 3.35. The first-order chi connectivity index (χ1) is 14.9. The zero-order valence-corrected chi connectivity index (χ0v) is 19.0. The van der Waals surface area contributed by atoms with Crippen molar-refractivity contribution >= 4 is 57.5 Å². The van der Waals surface area contributed by atoms with Gasteiger partial charge in [-0.1, -0.05) is 35.3 Å². The molecule has 1 aliphatic rings. The van der Waals surface area contributed by atoms with Crippen LogP contribution in [-0.2, 0) is 4.79 Å². The molecule has 1 aromatic heterocycles. The SMILES string of the molecule is CN(C)c1nc(NC2CCC(C(=O)Nc3cc(Cl)cc(Cl)c3)CC2)nc2ccccc12. The number of halogens is 2. The maximum Gasteiger partial charge on any atom is 0.227 e. The summed E-state index contributed by atoms with van der Waals surface area (Å²) in [5.41, 5.74) is 1.54. The van der Waals surface area contributed by atoms with Gasteiger partial charge in [0.05, 0.1) is 5.52 Å². The molecule has 162 valence electrons. The molecule has 0 saturated heterocycles. The first-order valence-corrected chi connectivity index (χ1v) is 11.1. The van der Waals surface area contributed by atoms with Crippen LogP contribution in [0.3, 0.4) is 0 Å². The van der Waals surface area contributed by atoms with Crippen molar-refractivity contribution in [3.63, 3.8) is 0 Å². The first kappa shape index (κ1) is 21.7. The topological polar surface area (TPSA) is 70.2 Å². The molecule has 1 saturated carbocycles. The van der Waals surface area contributed by atoms with Gasteiger partial charge in [0.15, 0.2) is 0 Å². The minimum atomic E-state index is -0.0364. The van der Waals surface area contributed by atoms with Gasteiger partial charge < -0.3 is 15.5 Å². The molecule has 8 heteroatoms. The molecule has 4 rings (SSSR count). The van der Waals surface area contributed by atoms with Crippen LogP contribution in [0, 0.1) is 5.92 Å². The van der Waals surface area contributed by atoms with Crippen LogP contribution in [0.15, 0.2) is 42.5 Å². The quantitative estimate of drug-likeness (QED) is 0.520. The van der Waals surface area contributed by atoms with Crippen LogP contribution >= 0.6 is 23.2 Å². The Balaban J connectivity index is 1.38. The third-order valence-corrected chi connectivity index (χ3v) is 6.00. The van der Waals surface area contributed by atoms with Crippen molar-refractivity contribution < 1.29 is 4.79 Å². The van der Waals surface area contributed by atoms with E-state index in [1.807, 2.05) is 43.3 Å². The van der Waals surface area contributed by atoms with Gasteiger partial charge in [0, 0.05) is 47.2 Å². The molecule has 1 fully saturated rings. The van der Waals surface area contributed by atoms with Gasteiger partial charge in [-0.2, -0.15) is 4.98 Å². The van der Waals surface area contributed by atoms with Crippen LogP contribution in [0.25, 0.3) is 10.9 Å². The lowest BCUT2D eigenvalue weighted by Crippen LogP contribution is -2.32. The molecule has 6 nitrogen and oxygen atoms in total. The van der Waals surface area contributed by atoms with E-state index in [9.17, 15) is 4.79 Å². The van der Waals surface area contributed by atoms with Gasteiger partial charge in [0.2, 0.25) is 11.9 Å². The van der Waals surface area contributed by atoms with E-state index in [0.29, 0.717) is 21.7 Å². The molecule has 1 amide bonds. The summed E-state index contributed by atoms with van der Waals surface area (Å²) in [5, 5.41) is 8.45. The molecular weight excluding hydrogens is 433 g/mol. The van der Waals surface area contributed by atoms with Crippen molar-refractivity contribution in [2.45, 2.75) is 31.7 Å². The first-order valence-electron chi connectivity index (χ1n) is 10.4. The van der Waals surface area contributed by atoms with Gasteiger partial charge in [-0.15, -0.1) is 0 Å². The molecular formula is C23H25Cl2N5O. The number of hydrogen-bond acceptors (Lipinski definition) is 5. The van der Waals surface area contributed by atoms with E-state index in [1.54, 1.807) is 18.2 Å². The monoisotopic (exact) mass is 457 g/mol. The lowest BCUT2D eigenvalue weighted by Gasteiger charge is -2.28. The molecule has 0 unspecified atom stereocenters. The van der Waals surface area contributed by atoms with Crippen LogP contribution in [0.4, 0.5) is 17.5 Å². The van der Waals surface area contributed by atoms with Crippen LogP contribution in [0.1, 0.15) is 25.7 Å². The maximum atomic E-state index is 12.7. The van der Waals surface area contributed by atoms with E-state index >= 15 is 0 Å². The molecule has 31 heavy (non-hydrogen) atoms. The van der Waals surface area contributed by atoms with Crippen molar-refractivity contribution in [1.82, 2.24) is 9.97 Å². The van der Waals surface area contributed by atoms with Crippen molar-refractivity contribution in [2.75, 3.05) is 29.6 Å². The zero-order chi connectivity index (χ0) is 22.0. The standard InChI is InChI=1S/C23H25Cl2N5O/c1-30(2)21-19-5-3-4-6-20(19)28-23(29-21)27-17-9-7-14(8-10-17)22(31)26-18-12-15(24)11-16(25)13-18/h3-6,11-14,17H,7-10H2,1-2H3,(H,26,31)(H,27,28,29). The molecule has 1 heterocycles. The number of nitrogens with zero attached hydrogens (tertiary/aromatic N) is 3. The van der Waals surface area contributed by atoms with E-state index in [0.717, 1.165) is 42.4 Å². The van der Waals surface area contributed by atoms with Crippen LogP contribution < -0.4 is 15.5 Å². The summed E-state index contributed by atoms with van der Waals surface area (Å²) in [6.45, 7) is 0. The fraction of sp³-hybridized carbons (Fsp3) is 0.348. The van der Waals surface area contributed by atoms with Gasteiger partial charge in [-0.25, -0.2) is 4.98 Å². The molecule has 3 aromatic rings. The Bertz CT molecular complexity index is 1080. The minimum Gasteiger partial charge on any atom is -0.362 e. The highest BCUT2D eigenvalue weighted by atomic mass is 35.5. The van der Waals surface area contributed by atoms with Crippen molar-refractivity contribution in [2.24, 2.45) is 5.92 Å². The molecule has 0 radical (unpaired) electrons. The number of para-hydroxylation sites is 1. The third-order valence-electron chi connectivity index (χ3n) is 5.57. The Kier molecular flexibility index (Phi) is 6.49. The van der Waals surface area contributed by atoms with Crippen molar-refractivity contribution in [3.05, 3.63) is 52.5 Å². The van der Waals surface area contributed by atoms with E-state index in [-0.39, 0.29) is 17.9 Å². The Morgan fingerprint density at radius 3 is 2.35 bits per heavy atom. The van der Waals surface area contributed by atoms with Crippen LogP contribution in [0.2, 0.25) is 10.0 Å². The van der Waals surface area contributed by atoms with Crippen LogP contribution in [-0.4, -0.2) is 36.0 Å². The number of nitrogens with one attached hydrogen (secondary N) is 2. The maximum absolute atomic E-state index is 12.7. The number of rotatable bonds is 5. The van der Waals surface area contributed by atoms with E-state index < -0.39 is 0 Å². The Morgan fingerprint density at radius 2 is 1.68 bits per heavy atom. The lowest BCUT2D eigenvalue weighted by atomic mass is 9.85. The van der Waals surface area contributed by atoms with Gasteiger partial charge in [0.25, 0.3) is 0 Å². The zero-order valence-electron chi connectivity index (χ0n) is 17.5. The van der Waals surface area contributed by atoms with Gasteiger partial charge in [0.1, 0.15) is 5.82 Å². The number of carbonyl (C=O) groups excluding carboxylic acids is 1. The number of benzene rings is 2. The average Bonchev–Trinajstić information content (AvgIpc) is 2.73. The van der Waals surface area contributed by atoms with E-state index in [4.69, 9.17) is 28.2 Å². The normalized spacial score (nSPS) is 18.6. The summed E-state index contributed by atoms with van der Waals surface area (Å²) in [6, 6.07) is 13.3.